The normalized spacial score (nSPS) is 16.1. The van der Waals surface area contributed by atoms with Gasteiger partial charge in [-0.3, -0.25) is 4.99 Å². The monoisotopic (exact) mass is 562 g/mol. The molecule has 0 spiro atoms. The van der Waals surface area contributed by atoms with Gasteiger partial charge in [-0.2, -0.15) is 13.2 Å². The van der Waals surface area contributed by atoms with Gasteiger partial charge < -0.3 is 15.4 Å². The lowest BCUT2D eigenvalue weighted by Gasteiger charge is -2.15. The zero-order chi connectivity index (χ0) is 21.0. The molecule has 2 rings (SSSR count). The molecule has 174 valence electrons. The number of alkyl halides is 3. The highest BCUT2D eigenvalue weighted by Gasteiger charge is 2.33. The van der Waals surface area contributed by atoms with E-state index in [1.54, 1.807) is 0 Å². The van der Waals surface area contributed by atoms with E-state index in [2.05, 4.69) is 20.6 Å². The van der Waals surface area contributed by atoms with E-state index in [-0.39, 0.29) is 24.0 Å². The molecular weight excluding hydrogens is 528 g/mol. The van der Waals surface area contributed by atoms with E-state index in [1.807, 2.05) is 6.92 Å². The van der Waals surface area contributed by atoms with Crippen LogP contribution in [0.2, 0.25) is 0 Å². The number of unbranched alkanes of at least 4 members (excludes halogenated alkanes) is 1. The van der Waals surface area contributed by atoms with Gasteiger partial charge in [0.15, 0.2) is 11.7 Å². The number of halogens is 4. The summed E-state index contributed by atoms with van der Waals surface area (Å²) in [7, 11) is 0. The highest BCUT2D eigenvalue weighted by molar-refractivity contribution is 14.0. The Bertz CT molecular complexity index is 605. The first-order valence-electron chi connectivity index (χ1n) is 10.6. The minimum atomic E-state index is -4.38. The molecule has 2 N–H and O–H groups in total. The molecule has 0 unspecified atom stereocenters. The van der Waals surface area contributed by atoms with Gasteiger partial charge in [0.25, 0.3) is 0 Å². The molecule has 1 heterocycles. The van der Waals surface area contributed by atoms with Gasteiger partial charge in [-0.1, -0.05) is 25.7 Å². The number of hydrogen-bond acceptors (Lipinski definition) is 4. The predicted molar refractivity (Wildman–Crippen MR) is 127 cm³/mol. The van der Waals surface area contributed by atoms with Gasteiger partial charge in [-0.25, -0.2) is 4.98 Å². The van der Waals surface area contributed by atoms with E-state index in [0.29, 0.717) is 36.6 Å². The van der Waals surface area contributed by atoms with Crippen LogP contribution in [0.5, 0.6) is 0 Å². The van der Waals surface area contributed by atoms with Crippen LogP contribution >= 0.6 is 35.3 Å². The fourth-order valence-corrected chi connectivity index (χ4v) is 4.05. The van der Waals surface area contributed by atoms with Gasteiger partial charge in [0, 0.05) is 38.0 Å². The SMILES string of the molecule is CCNC(=NCCCCOC1CCCCCC1)NCCc1nc(C(F)(F)F)cs1.I. The smallest absolute Gasteiger partial charge is 0.378 e. The minimum absolute atomic E-state index is 0. The van der Waals surface area contributed by atoms with Crippen LogP contribution in [-0.4, -0.2) is 43.3 Å². The van der Waals surface area contributed by atoms with E-state index in [9.17, 15) is 13.2 Å². The lowest BCUT2D eigenvalue weighted by atomic mass is 10.1. The van der Waals surface area contributed by atoms with E-state index in [4.69, 9.17) is 4.74 Å². The first kappa shape index (κ1) is 27.4. The lowest BCUT2D eigenvalue weighted by molar-refractivity contribution is -0.140. The maximum absolute atomic E-state index is 12.6. The summed E-state index contributed by atoms with van der Waals surface area (Å²) in [5.41, 5.74) is -0.816. The summed E-state index contributed by atoms with van der Waals surface area (Å²) in [6.45, 7) is 4.68. The number of rotatable bonds is 10. The molecule has 1 aromatic heterocycles. The Labute approximate surface area is 198 Å². The number of ether oxygens (including phenoxy) is 1. The molecule has 1 fully saturated rings. The van der Waals surface area contributed by atoms with Gasteiger partial charge in [0.2, 0.25) is 0 Å². The molecular formula is C20H34F3IN4OS. The van der Waals surface area contributed by atoms with Crippen LogP contribution in [-0.2, 0) is 17.3 Å². The van der Waals surface area contributed by atoms with Crippen LogP contribution in [0.4, 0.5) is 13.2 Å². The second-order valence-corrected chi connectivity index (χ2v) is 8.20. The molecule has 30 heavy (non-hydrogen) atoms. The quantitative estimate of drug-likeness (QED) is 0.132. The average molecular weight is 562 g/mol. The summed E-state index contributed by atoms with van der Waals surface area (Å²) in [6.07, 6.45) is 6.04. The summed E-state index contributed by atoms with van der Waals surface area (Å²) >= 11 is 1.04. The van der Waals surface area contributed by atoms with Crippen LogP contribution in [0.3, 0.4) is 0 Å². The number of thiazole rings is 1. The zero-order valence-electron chi connectivity index (χ0n) is 17.6. The maximum Gasteiger partial charge on any atom is 0.434 e. The lowest BCUT2D eigenvalue weighted by Crippen LogP contribution is -2.38. The number of aliphatic imine (C=N–C) groups is 1. The Morgan fingerprint density at radius 1 is 1.20 bits per heavy atom. The molecule has 0 saturated heterocycles. The molecule has 0 aliphatic heterocycles. The fourth-order valence-electron chi connectivity index (χ4n) is 3.25. The molecule has 0 radical (unpaired) electrons. The third-order valence-corrected chi connectivity index (χ3v) is 5.70. The average Bonchev–Trinajstić information content (AvgIpc) is 3.01. The molecule has 0 amide bonds. The summed E-state index contributed by atoms with van der Waals surface area (Å²) in [5, 5.41) is 7.85. The Morgan fingerprint density at radius 2 is 1.93 bits per heavy atom. The van der Waals surface area contributed by atoms with Crippen molar-refractivity contribution in [2.75, 3.05) is 26.2 Å². The Hall–Kier alpha value is -0.620. The third-order valence-electron chi connectivity index (χ3n) is 4.80. The third kappa shape index (κ3) is 11.1. The fraction of sp³-hybridized carbons (Fsp3) is 0.800. The van der Waals surface area contributed by atoms with Gasteiger partial charge in [0.1, 0.15) is 0 Å². The van der Waals surface area contributed by atoms with Crippen molar-refractivity contribution in [3.05, 3.63) is 16.1 Å². The van der Waals surface area contributed by atoms with E-state index < -0.39 is 11.9 Å². The van der Waals surface area contributed by atoms with E-state index >= 15 is 0 Å². The largest absolute Gasteiger partial charge is 0.434 e. The highest BCUT2D eigenvalue weighted by atomic mass is 127. The first-order chi connectivity index (χ1) is 14.0. The topological polar surface area (TPSA) is 58.5 Å². The molecule has 1 saturated carbocycles. The van der Waals surface area contributed by atoms with Gasteiger partial charge >= 0.3 is 6.18 Å². The van der Waals surface area contributed by atoms with Crippen LogP contribution in [0.1, 0.15) is 69.0 Å². The van der Waals surface area contributed by atoms with Crippen molar-refractivity contribution in [1.82, 2.24) is 15.6 Å². The Kier molecular flexibility index (Phi) is 13.9. The summed E-state index contributed by atoms with van der Waals surface area (Å²) < 4.78 is 43.8. The van der Waals surface area contributed by atoms with Gasteiger partial charge in [0.05, 0.1) is 11.1 Å². The second kappa shape index (κ2) is 15.2. The Morgan fingerprint density at radius 3 is 2.57 bits per heavy atom. The van der Waals surface area contributed by atoms with Gasteiger partial charge in [-0.05, 0) is 32.6 Å². The van der Waals surface area contributed by atoms with Crippen LogP contribution < -0.4 is 10.6 Å². The van der Waals surface area contributed by atoms with Crippen molar-refractivity contribution in [2.45, 2.75) is 77.0 Å². The number of guanidine groups is 1. The summed E-state index contributed by atoms with van der Waals surface area (Å²) in [5.74, 6) is 0.685. The number of nitrogens with zero attached hydrogens (tertiary/aromatic N) is 2. The number of aromatic nitrogens is 1. The number of nitrogens with one attached hydrogen (secondary N) is 2. The summed E-state index contributed by atoms with van der Waals surface area (Å²) in [6, 6.07) is 0. The van der Waals surface area contributed by atoms with Crippen molar-refractivity contribution in [3.63, 3.8) is 0 Å². The summed E-state index contributed by atoms with van der Waals surface area (Å²) in [4.78, 5) is 8.17. The van der Waals surface area contributed by atoms with Crippen molar-refractivity contribution in [2.24, 2.45) is 4.99 Å². The highest BCUT2D eigenvalue weighted by Crippen LogP contribution is 2.30. The van der Waals surface area contributed by atoms with E-state index in [0.717, 1.165) is 42.7 Å². The van der Waals surface area contributed by atoms with Gasteiger partial charge in [-0.15, -0.1) is 35.3 Å². The molecule has 0 atom stereocenters. The number of hydrogen-bond donors (Lipinski definition) is 2. The van der Waals surface area contributed by atoms with E-state index in [1.165, 1.54) is 38.5 Å². The first-order valence-corrected chi connectivity index (χ1v) is 11.5. The predicted octanol–water partition coefficient (Wildman–Crippen LogP) is 5.40. The molecule has 10 heteroatoms. The molecule has 0 aromatic carbocycles. The standard InChI is InChI=1S/C20H33F3N4OS.HI/c1-2-24-19(26-13-11-18-27-17(15-29-18)20(21,22)23)25-12-7-8-14-28-16-9-5-3-4-6-10-16;/h15-16H,2-14H2,1H3,(H2,24,25,26);1H. The molecule has 1 aromatic rings. The van der Waals surface area contributed by atoms with Crippen molar-refractivity contribution >= 4 is 41.3 Å². The second-order valence-electron chi connectivity index (χ2n) is 7.25. The van der Waals surface area contributed by atoms with Crippen molar-refractivity contribution in [1.29, 1.82) is 0 Å². The minimum Gasteiger partial charge on any atom is -0.378 e. The molecule has 1 aliphatic carbocycles. The zero-order valence-corrected chi connectivity index (χ0v) is 20.7. The van der Waals surface area contributed by atoms with Crippen molar-refractivity contribution < 1.29 is 17.9 Å². The maximum atomic E-state index is 12.6. The molecule has 5 nitrogen and oxygen atoms in total. The molecule has 0 bridgehead atoms. The Balaban J connectivity index is 0.00000450. The van der Waals surface area contributed by atoms with Crippen LogP contribution in [0, 0.1) is 0 Å². The van der Waals surface area contributed by atoms with Crippen molar-refractivity contribution in [3.8, 4) is 0 Å². The molecule has 1 aliphatic rings. The van der Waals surface area contributed by atoms with Crippen LogP contribution in [0.15, 0.2) is 10.4 Å². The van der Waals surface area contributed by atoms with Crippen LogP contribution in [0.25, 0.3) is 0 Å².